The van der Waals surface area contributed by atoms with Gasteiger partial charge in [0, 0.05) is 18.5 Å². The van der Waals surface area contributed by atoms with Gasteiger partial charge in [-0.15, -0.1) is 0 Å². The van der Waals surface area contributed by atoms with E-state index in [1.165, 1.54) is 23.7 Å². The maximum absolute atomic E-state index is 12.3. The molecule has 0 fully saturated rings. The molecule has 9 heteroatoms. The second-order valence-corrected chi connectivity index (χ2v) is 4.84. The van der Waals surface area contributed by atoms with Crippen LogP contribution in [0.2, 0.25) is 0 Å². The SMILES string of the molecule is Cc1nc(NC(=O)c2cccc(-n3cccn3)n2)ccc1[N+](=O)[O-]. The van der Waals surface area contributed by atoms with Crippen LogP contribution in [0.1, 0.15) is 16.2 Å². The standard InChI is InChI=1S/C15H12N6O3/c1-10-12(21(23)24)6-7-13(17-10)19-15(22)11-4-2-5-14(18-11)20-9-3-8-16-20/h2-9H,1H3,(H,17,19,22). The lowest BCUT2D eigenvalue weighted by Crippen LogP contribution is -2.16. The predicted octanol–water partition coefficient (Wildman–Crippen LogP) is 2.13. The number of anilines is 1. The highest BCUT2D eigenvalue weighted by Gasteiger charge is 2.14. The van der Waals surface area contributed by atoms with Crippen molar-refractivity contribution in [2.45, 2.75) is 6.92 Å². The summed E-state index contributed by atoms with van der Waals surface area (Å²) in [6.07, 6.45) is 3.32. The molecule has 3 aromatic heterocycles. The molecule has 3 rings (SSSR count). The first kappa shape index (κ1) is 15.3. The van der Waals surface area contributed by atoms with Gasteiger partial charge in [-0.25, -0.2) is 14.6 Å². The van der Waals surface area contributed by atoms with Gasteiger partial charge in [-0.3, -0.25) is 14.9 Å². The number of rotatable bonds is 4. The van der Waals surface area contributed by atoms with E-state index in [4.69, 9.17) is 0 Å². The van der Waals surface area contributed by atoms with Gasteiger partial charge in [0.15, 0.2) is 5.82 Å². The Hall–Kier alpha value is -3.62. The van der Waals surface area contributed by atoms with Crippen molar-refractivity contribution in [3.05, 3.63) is 70.3 Å². The first-order valence-electron chi connectivity index (χ1n) is 6.95. The number of nitrogens with zero attached hydrogens (tertiary/aromatic N) is 5. The summed E-state index contributed by atoms with van der Waals surface area (Å²) in [6, 6.07) is 9.38. The molecule has 1 N–H and O–H groups in total. The first-order valence-corrected chi connectivity index (χ1v) is 6.95. The van der Waals surface area contributed by atoms with Gasteiger partial charge < -0.3 is 5.32 Å². The molecule has 0 bridgehead atoms. The molecular formula is C15H12N6O3. The monoisotopic (exact) mass is 324 g/mol. The molecule has 3 heterocycles. The Labute approximate surface area is 136 Å². The van der Waals surface area contributed by atoms with Crippen LogP contribution in [0.4, 0.5) is 11.5 Å². The zero-order valence-electron chi connectivity index (χ0n) is 12.6. The fourth-order valence-corrected chi connectivity index (χ4v) is 2.08. The number of aromatic nitrogens is 4. The number of hydrogen-bond acceptors (Lipinski definition) is 6. The second kappa shape index (κ2) is 6.24. The van der Waals surface area contributed by atoms with Crippen LogP contribution < -0.4 is 5.32 Å². The summed E-state index contributed by atoms with van der Waals surface area (Å²) in [5, 5.41) is 17.4. The van der Waals surface area contributed by atoms with E-state index < -0.39 is 10.8 Å². The van der Waals surface area contributed by atoms with Gasteiger partial charge in [0.25, 0.3) is 11.6 Å². The summed E-state index contributed by atoms with van der Waals surface area (Å²) in [5.74, 6) is 0.250. The van der Waals surface area contributed by atoms with Gasteiger partial charge in [0.2, 0.25) is 0 Å². The molecule has 1 amide bonds. The van der Waals surface area contributed by atoms with Crippen LogP contribution in [-0.4, -0.2) is 30.6 Å². The summed E-state index contributed by atoms with van der Waals surface area (Å²) in [4.78, 5) is 30.8. The molecule has 0 atom stereocenters. The van der Waals surface area contributed by atoms with Gasteiger partial charge in [0.05, 0.1) is 4.92 Å². The Bertz CT molecular complexity index is 907. The van der Waals surface area contributed by atoms with E-state index in [-0.39, 0.29) is 22.9 Å². The van der Waals surface area contributed by atoms with Crippen LogP contribution >= 0.6 is 0 Å². The summed E-state index contributed by atoms with van der Waals surface area (Å²) < 4.78 is 1.53. The fourth-order valence-electron chi connectivity index (χ4n) is 2.08. The minimum absolute atomic E-state index is 0.105. The fraction of sp³-hybridized carbons (Fsp3) is 0.0667. The van der Waals surface area contributed by atoms with E-state index in [1.54, 1.807) is 36.7 Å². The molecule has 0 saturated heterocycles. The zero-order chi connectivity index (χ0) is 17.1. The molecule has 0 spiro atoms. The quantitative estimate of drug-likeness (QED) is 0.580. The molecule has 0 radical (unpaired) electrons. The Morgan fingerprint density at radius 3 is 2.71 bits per heavy atom. The topological polar surface area (TPSA) is 116 Å². The lowest BCUT2D eigenvalue weighted by atomic mass is 10.3. The van der Waals surface area contributed by atoms with Crippen LogP contribution in [0.25, 0.3) is 5.82 Å². The van der Waals surface area contributed by atoms with Crippen molar-refractivity contribution in [3.63, 3.8) is 0 Å². The Morgan fingerprint density at radius 2 is 2.04 bits per heavy atom. The number of hydrogen-bond donors (Lipinski definition) is 1. The Kier molecular flexibility index (Phi) is 3.98. The third-order valence-corrected chi connectivity index (χ3v) is 3.20. The van der Waals surface area contributed by atoms with Crippen LogP contribution in [0.3, 0.4) is 0 Å². The van der Waals surface area contributed by atoms with Crippen molar-refractivity contribution in [2.75, 3.05) is 5.32 Å². The average molecular weight is 324 g/mol. The number of carbonyl (C=O) groups excluding carboxylic acids is 1. The minimum Gasteiger partial charge on any atom is -0.305 e. The van der Waals surface area contributed by atoms with Crippen molar-refractivity contribution in [1.29, 1.82) is 0 Å². The summed E-state index contributed by atoms with van der Waals surface area (Å²) in [7, 11) is 0. The van der Waals surface area contributed by atoms with Crippen molar-refractivity contribution >= 4 is 17.4 Å². The molecule has 24 heavy (non-hydrogen) atoms. The zero-order valence-corrected chi connectivity index (χ0v) is 12.6. The van der Waals surface area contributed by atoms with E-state index in [2.05, 4.69) is 20.4 Å². The maximum atomic E-state index is 12.3. The third kappa shape index (κ3) is 3.09. The predicted molar refractivity (Wildman–Crippen MR) is 84.9 cm³/mol. The Balaban J connectivity index is 1.82. The largest absolute Gasteiger partial charge is 0.305 e. The van der Waals surface area contributed by atoms with E-state index in [0.717, 1.165) is 0 Å². The van der Waals surface area contributed by atoms with Crippen LogP contribution in [-0.2, 0) is 0 Å². The number of amides is 1. The van der Waals surface area contributed by atoms with E-state index in [1.807, 2.05) is 0 Å². The summed E-state index contributed by atoms with van der Waals surface area (Å²) in [5.41, 5.74) is 0.295. The molecule has 9 nitrogen and oxygen atoms in total. The molecule has 0 aliphatic carbocycles. The Morgan fingerprint density at radius 1 is 1.21 bits per heavy atom. The second-order valence-electron chi connectivity index (χ2n) is 4.84. The highest BCUT2D eigenvalue weighted by Crippen LogP contribution is 2.18. The molecule has 120 valence electrons. The van der Waals surface area contributed by atoms with Gasteiger partial charge in [-0.05, 0) is 31.2 Å². The first-order chi connectivity index (χ1) is 11.5. The summed E-state index contributed by atoms with van der Waals surface area (Å²) >= 11 is 0. The number of carbonyl (C=O) groups is 1. The molecular weight excluding hydrogens is 312 g/mol. The van der Waals surface area contributed by atoms with Gasteiger partial charge in [-0.2, -0.15) is 5.10 Å². The molecule has 0 aliphatic rings. The third-order valence-electron chi connectivity index (χ3n) is 3.20. The van der Waals surface area contributed by atoms with Gasteiger partial charge in [0.1, 0.15) is 17.2 Å². The maximum Gasteiger partial charge on any atom is 0.290 e. The number of aryl methyl sites for hydroxylation is 1. The lowest BCUT2D eigenvalue weighted by molar-refractivity contribution is -0.385. The normalized spacial score (nSPS) is 10.4. The molecule has 0 aromatic carbocycles. The highest BCUT2D eigenvalue weighted by molar-refractivity contribution is 6.02. The smallest absolute Gasteiger partial charge is 0.290 e. The van der Waals surface area contributed by atoms with E-state index >= 15 is 0 Å². The summed E-state index contributed by atoms with van der Waals surface area (Å²) in [6.45, 7) is 1.50. The van der Waals surface area contributed by atoms with Crippen molar-refractivity contribution in [2.24, 2.45) is 0 Å². The molecule has 3 aromatic rings. The number of pyridine rings is 2. The van der Waals surface area contributed by atoms with Crippen LogP contribution in [0, 0.1) is 17.0 Å². The van der Waals surface area contributed by atoms with Crippen molar-refractivity contribution in [1.82, 2.24) is 19.7 Å². The number of nitrogens with one attached hydrogen (secondary N) is 1. The minimum atomic E-state index is -0.525. The van der Waals surface area contributed by atoms with Crippen LogP contribution in [0.15, 0.2) is 48.8 Å². The molecule has 0 unspecified atom stereocenters. The lowest BCUT2D eigenvalue weighted by Gasteiger charge is -2.06. The average Bonchev–Trinajstić information content (AvgIpc) is 3.09. The molecule has 0 saturated carbocycles. The van der Waals surface area contributed by atoms with Crippen LogP contribution in [0.5, 0.6) is 0 Å². The number of nitro groups is 1. The van der Waals surface area contributed by atoms with E-state index in [0.29, 0.717) is 5.82 Å². The highest BCUT2D eigenvalue weighted by atomic mass is 16.6. The van der Waals surface area contributed by atoms with Gasteiger partial charge >= 0.3 is 0 Å². The molecule has 0 aliphatic heterocycles. The van der Waals surface area contributed by atoms with Crippen molar-refractivity contribution < 1.29 is 9.72 Å². The van der Waals surface area contributed by atoms with E-state index in [9.17, 15) is 14.9 Å². The van der Waals surface area contributed by atoms with Crippen molar-refractivity contribution in [3.8, 4) is 5.82 Å². The van der Waals surface area contributed by atoms with Gasteiger partial charge in [-0.1, -0.05) is 6.07 Å².